The third-order valence-electron chi connectivity index (χ3n) is 6.89. The number of nitrogens with zero attached hydrogens (tertiary/aromatic N) is 1. The van der Waals surface area contributed by atoms with Crippen molar-refractivity contribution in [1.82, 2.24) is 0 Å². The van der Waals surface area contributed by atoms with Crippen molar-refractivity contribution in [2.24, 2.45) is 29.6 Å². The van der Waals surface area contributed by atoms with E-state index in [9.17, 15) is 4.79 Å². The Hall–Kier alpha value is -1.04. The van der Waals surface area contributed by atoms with E-state index in [0.29, 0.717) is 0 Å². The molecule has 0 bridgehead atoms. The summed E-state index contributed by atoms with van der Waals surface area (Å²) in [6, 6.07) is 2.34. The normalized spacial score (nSPS) is 39.5. The summed E-state index contributed by atoms with van der Waals surface area (Å²) in [6.07, 6.45) is 13.7. The first kappa shape index (κ1) is 17.8. The van der Waals surface area contributed by atoms with Crippen LogP contribution < -0.4 is 0 Å². The molecular formula is C21H33NO2. The average molecular weight is 332 g/mol. The monoisotopic (exact) mass is 331 g/mol. The summed E-state index contributed by atoms with van der Waals surface area (Å²) in [4.78, 5) is 12.6. The molecule has 0 radical (unpaired) electrons. The van der Waals surface area contributed by atoms with Crippen LogP contribution in [0.2, 0.25) is 0 Å². The van der Waals surface area contributed by atoms with E-state index in [1.807, 2.05) is 0 Å². The lowest BCUT2D eigenvalue weighted by Crippen LogP contribution is -2.36. The van der Waals surface area contributed by atoms with Crippen molar-refractivity contribution in [3.63, 3.8) is 0 Å². The van der Waals surface area contributed by atoms with Crippen molar-refractivity contribution < 1.29 is 9.53 Å². The van der Waals surface area contributed by atoms with Crippen LogP contribution in [0.1, 0.15) is 84.0 Å². The van der Waals surface area contributed by atoms with E-state index >= 15 is 0 Å². The van der Waals surface area contributed by atoms with Gasteiger partial charge in [0, 0.05) is 5.92 Å². The molecule has 134 valence electrons. The van der Waals surface area contributed by atoms with E-state index in [-0.39, 0.29) is 23.9 Å². The van der Waals surface area contributed by atoms with Gasteiger partial charge < -0.3 is 4.74 Å². The average Bonchev–Trinajstić information content (AvgIpc) is 2.62. The molecule has 0 aromatic heterocycles. The molecule has 0 aliphatic heterocycles. The topological polar surface area (TPSA) is 50.1 Å². The summed E-state index contributed by atoms with van der Waals surface area (Å²) in [5.41, 5.74) is 0. The number of esters is 1. The Balaban J connectivity index is 1.44. The Labute approximate surface area is 147 Å². The maximum atomic E-state index is 12.6. The highest BCUT2D eigenvalue weighted by Gasteiger charge is 2.38. The van der Waals surface area contributed by atoms with Gasteiger partial charge in [-0.2, -0.15) is 5.26 Å². The Bertz CT molecular complexity index is 461. The SMILES string of the molecule is CCCC1CCC2CC(C(=O)OC3CCC(C#N)CC3)CCC2C1. The summed E-state index contributed by atoms with van der Waals surface area (Å²) in [6.45, 7) is 2.29. The van der Waals surface area contributed by atoms with Gasteiger partial charge in [0.2, 0.25) is 0 Å². The van der Waals surface area contributed by atoms with E-state index in [1.54, 1.807) is 0 Å². The largest absolute Gasteiger partial charge is 0.462 e. The molecule has 3 fully saturated rings. The first-order chi connectivity index (χ1) is 11.7. The van der Waals surface area contributed by atoms with Crippen molar-refractivity contribution in [3.8, 4) is 6.07 Å². The second kappa shape index (κ2) is 8.37. The van der Waals surface area contributed by atoms with Crippen molar-refractivity contribution in [2.45, 2.75) is 90.1 Å². The lowest BCUT2D eigenvalue weighted by Gasteiger charge is -2.41. The van der Waals surface area contributed by atoms with Gasteiger partial charge in [-0.1, -0.05) is 26.2 Å². The summed E-state index contributed by atoms with van der Waals surface area (Å²) in [5.74, 6) is 2.94. The van der Waals surface area contributed by atoms with E-state index in [2.05, 4.69) is 13.0 Å². The number of ether oxygens (including phenoxy) is 1. The van der Waals surface area contributed by atoms with Gasteiger partial charge in [0.15, 0.2) is 0 Å². The van der Waals surface area contributed by atoms with Crippen LogP contribution in [-0.4, -0.2) is 12.1 Å². The lowest BCUT2D eigenvalue weighted by molar-refractivity contribution is -0.158. The molecule has 0 aromatic carbocycles. The Morgan fingerprint density at radius 2 is 1.71 bits per heavy atom. The number of fused-ring (bicyclic) bond motifs is 1. The van der Waals surface area contributed by atoms with Crippen molar-refractivity contribution in [3.05, 3.63) is 0 Å². The molecule has 3 aliphatic carbocycles. The first-order valence-electron chi connectivity index (χ1n) is 10.3. The highest BCUT2D eigenvalue weighted by atomic mass is 16.5. The predicted octanol–water partition coefficient (Wildman–Crippen LogP) is 5.24. The predicted molar refractivity (Wildman–Crippen MR) is 94.0 cm³/mol. The summed E-state index contributed by atoms with van der Waals surface area (Å²) in [7, 11) is 0. The quantitative estimate of drug-likeness (QED) is 0.661. The Morgan fingerprint density at radius 3 is 2.42 bits per heavy atom. The number of rotatable bonds is 4. The molecule has 0 saturated heterocycles. The number of nitriles is 1. The number of hydrogen-bond acceptors (Lipinski definition) is 3. The molecule has 0 spiro atoms. The molecule has 24 heavy (non-hydrogen) atoms. The van der Waals surface area contributed by atoms with Crippen molar-refractivity contribution in [1.29, 1.82) is 5.26 Å². The molecular weight excluding hydrogens is 298 g/mol. The van der Waals surface area contributed by atoms with Crippen LogP contribution in [0.15, 0.2) is 0 Å². The highest BCUT2D eigenvalue weighted by Crippen LogP contribution is 2.46. The molecule has 0 N–H and O–H groups in total. The molecule has 3 rings (SSSR count). The van der Waals surface area contributed by atoms with Crippen LogP contribution in [0.25, 0.3) is 0 Å². The third-order valence-corrected chi connectivity index (χ3v) is 6.89. The Morgan fingerprint density at radius 1 is 1.00 bits per heavy atom. The van der Waals surface area contributed by atoms with Gasteiger partial charge in [-0.15, -0.1) is 0 Å². The van der Waals surface area contributed by atoms with E-state index in [1.165, 1.54) is 38.5 Å². The minimum Gasteiger partial charge on any atom is -0.462 e. The van der Waals surface area contributed by atoms with Gasteiger partial charge in [0.1, 0.15) is 6.10 Å². The second-order valence-corrected chi connectivity index (χ2v) is 8.54. The van der Waals surface area contributed by atoms with Gasteiger partial charge in [-0.25, -0.2) is 0 Å². The maximum Gasteiger partial charge on any atom is 0.309 e. The number of hydrogen-bond donors (Lipinski definition) is 0. The molecule has 3 nitrogen and oxygen atoms in total. The molecule has 0 heterocycles. The van der Waals surface area contributed by atoms with Gasteiger partial charge in [0.25, 0.3) is 0 Å². The summed E-state index contributed by atoms with van der Waals surface area (Å²) in [5, 5.41) is 8.97. The molecule has 3 aliphatic rings. The van der Waals surface area contributed by atoms with Crippen LogP contribution in [0.3, 0.4) is 0 Å². The molecule has 4 atom stereocenters. The molecule has 3 heteroatoms. The number of carbonyl (C=O) groups excluding carboxylic acids is 1. The molecule has 4 unspecified atom stereocenters. The van der Waals surface area contributed by atoms with E-state index < -0.39 is 0 Å². The van der Waals surface area contributed by atoms with Crippen LogP contribution in [0.5, 0.6) is 0 Å². The van der Waals surface area contributed by atoms with Crippen LogP contribution in [0.4, 0.5) is 0 Å². The zero-order chi connectivity index (χ0) is 16.9. The third kappa shape index (κ3) is 4.32. The minimum atomic E-state index is 0.0598. The standard InChI is InChI=1S/C21H33NO2/c1-2-3-15-4-7-18-13-19(9-8-17(18)12-15)21(23)24-20-10-5-16(14-22)6-11-20/h15-20H,2-13H2,1H3. The van der Waals surface area contributed by atoms with Crippen LogP contribution in [-0.2, 0) is 9.53 Å². The highest BCUT2D eigenvalue weighted by molar-refractivity contribution is 5.72. The zero-order valence-electron chi connectivity index (χ0n) is 15.2. The van der Waals surface area contributed by atoms with Crippen molar-refractivity contribution in [2.75, 3.05) is 0 Å². The fourth-order valence-electron chi connectivity index (χ4n) is 5.44. The first-order valence-corrected chi connectivity index (χ1v) is 10.3. The molecule has 3 saturated carbocycles. The smallest absolute Gasteiger partial charge is 0.309 e. The summed E-state index contributed by atoms with van der Waals surface area (Å²) >= 11 is 0. The van der Waals surface area contributed by atoms with Crippen LogP contribution >= 0.6 is 0 Å². The maximum absolute atomic E-state index is 12.6. The van der Waals surface area contributed by atoms with E-state index in [0.717, 1.165) is 56.3 Å². The van der Waals surface area contributed by atoms with Crippen LogP contribution in [0, 0.1) is 40.9 Å². The van der Waals surface area contributed by atoms with Gasteiger partial charge >= 0.3 is 5.97 Å². The number of carbonyl (C=O) groups is 1. The summed E-state index contributed by atoms with van der Waals surface area (Å²) < 4.78 is 5.81. The zero-order valence-corrected chi connectivity index (χ0v) is 15.2. The van der Waals surface area contributed by atoms with E-state index in [4.69, 9.17) is 10.00 Å². The Kier molecular flexibility index (Phi) is 6.19. The minimum absolute atomic E-state index is 0.0598. The molecule has 0 amide bonds. The lowest BCUT2D eigenvalue weighted by atomic mass is 9.64. The second-order valence-electron chi connectivity index (χ2n) is 8.54. The molecule has 0 aromatic rings. The van der Waals surface area contributed by atoms with Gasteiger partial charge in [0.05, 0.1) is 12.0 Å². The fraction of sp³-hybridized carbons (Fsp3) is 0.905. The fourth-order valence-corrected chi connectivity index (χ4v) is 5.44. The van der Waals surface area contributed by atoms with Gasteiger partial charge in [-0.3, -0.25) is 4.79 Å². The van der Waals surface area contributed by atoms with Gasteiger partial charge in [-0.05, 0) is 75.5 Å². The van der Waals surface area contributed by atoms with Crippen molar-refractivity contribution >= 4 is 5.97 Å².